The minimum absolute atomic E-state index is 0.713. The van der Waals surface area contributed by atoms with E-state index in [9.17, 15) is 0 Å². The molecule has 0 bridgehead atoms. The van der Waals surface area contributed by atoms with Gasteiger partial charge in [-0.15, -0.1) is 0 Å². The summed E-state index contributed by atoms with van der Waals surface area (Å²) in [6, 6.07) is 6.61. The van der Waals surface area contributed by atoms with Crippen molar-refractivity contribution < 1.29 is 0 Å². The van der Waals surface area contributed by atoms with Crippen LogP contribution in [0.5, 0.6) is 0 Å². The van der Waals surface area contributed by atoms with Crippen molar-refractivity contribution in [1.82, 2.24) is 5.32 Å². The third-order valence-corrected chi connectivity index (χ3v) is 3.03. The Balaban J connectivity index is 2.60. The van der Waals surface area contributed by atoms with Crippen molar-refractivity contribution in [2.24, 2.45) is 5.92 Å². The van der Waals surface area contributed by atoms with Crippen molar-refractivity contribution in [3.8, 4) is 0 Å². The molecule has 0 spiro atoms. The molecule has 1 rings (SSSR count). The number of hydrogen-bond donors (Lipinski definition) is 1. The Morgan fingerprint density at radius 3 is 2.67 bits per heavy atom. The second kappa shape index (κ2) is 5.92. The topological polar surface area (TPSA) is 12.0 Å². The Bertz CT molecular complexity index is 304. The molecule has 1 unspecified atom stereocenters. The van der Waals surface area contributed by atoms with E-state index in [0.29, 0.717) is 5.92 Å². The number of benzene rings is 1. The van der Waals surface area contributed by atoms with E-state index < -0.39 is 0 Å². The first-order chi connectivity index (χ1) is 7.15. The van der Waals surface area contributed by atoms with Gasteiger partial charge < -0.3 is 5.32 Å². The fourth-order valence-electron chi connectivity index (χ4n) is 1.87. The summed E-state index contributed by atoms with van der Waals surface area (Å²) in [6.07, 6.45) is 1.18. The summed E-state index contributed by atoms with van der Waals surface area (Å²) in [5.41, 5.74) is 4.37. The van der Waals surface area contributed by atoms with E-state index in [1.54, 1.807) is 0 Å². The van der Waals surface area contributed by atoms with Crippen molar-refractivity contribution >= 4 is 0 Å². The smallest absolute Gasteiger partial charge is 0.00201 e. The molecule has 0 heterocycles. The Morgan fingerprint density at radius 1 is 1.27 bits per heavy atom. The lowest BCUT2D eigenvalue weighted by atomic mass is 9.95. The van der Waals surface area contributed by atoms with Crippen molar-refractivity contribution in [3.05, 3.63) is 34.9 Å². The van der Waals surface area contributed by atoms with Gasteiger partial charge in [0.2, 0.25) is 0 Å². The normalized spacial score (nSPS) is 12.8. The van der Waals surface area contributed by atoms with Crippen LogP contribution in [0, 0.1) is 19.8 Å². The molecule has 15 heavy (non-hydrogen) atoms. The van der Waals surface area contributed by atoms with Gasteiger partial charge in [-0.3, -0.25) is 0 Å². The highest BCUT2D eigenvalue weighted by Crippen LogP contribution is 2.16. The molecule has 1 N–H and O–H groups in total. The summed E-state index contributed by atoms with van der Waals surface area (Å²) >= 11 is 0. The average Bonchev–Trinajstić information content (AvgIpc) is 2.22. The Hall–Kier alpha value is -0.820. The van der Waals surface area contributed by atoms with Gasteiger partial charge in [-0.25, -0.2) is 0 Å². The van der Waals surface area contributed by atoms with Crippen LogP contribution in [0.2, 0.25) is 0 Å². The van der Waals surface area contributed by atoms with Crippen molar-refractivity contribution in [2.75, 3.05) is 13.1 Å². The number of aryl methyl sites for hydroxylation is 1. The zero-order valence-electron chi connectivity index (χ0n) is 10.4. The highest BCUT2D eigenvalue weighted by molar-refractivity contribution is 5.33. The first-order valence-electron chi connectivity index (χ1n) is 5.91. The molecule has 84 valence electrons. The molecule has 0 radical (unpaired) electrons. The minimum Gasteiger partial charge on any atom is -0.317 e. The van der Waals surface area contributed by atoms with E-state index >= 15 is 0 Å². The lowest BCUT2D eigenvalue weighted by molar-refractivity contribution is 0.520. The van der Waals surface area contributed by atoms with Crippen LogP contribution in [0.1, 0.15) is 30.5 Å². The predicted molar refractivity (Wildman–Crippen MR) is 67.3 cm³/mol. The maximum atomic E-state index is 3.40. The third kappa shape index (κ3) is 3.67. The zero-order chi connectivity index (χ0) is 11.3. The molecule has 0 amide bonds. The first-order valence-corrected chi connectivity index (χ1v) is 5.91. The van der Waals surface area contributed by atoms with Gasteiger partial charge in [0.25, 0.3) is 0 Å². The van der Waals surface area contributed by atoms with Gasteiger partial charge >= 0.3 is 0 Å². The number of nitrogens with one attached hydrogen (secondary N) is 1. The van der Waals surface area contributed by atoms with Gasteiger partial charge in [0.15, 0.2) is 0 Å². The maximum Gasteiger partial charge on any atom is -0.00201 e. The molecule has 0 fully saturated rings. The SMILES string of the molecule is CCNCC(C)Cc1cccc(C)c1C. The van der Waals surface area contributed by atoms with Crippen molar-refractivity contribution in [2.45, 2.75) is 34.1 Å². The Morgan fingerprint density at radius 2 is 2.00 bits per heavy atom. The van der Waals surface area contributed by atoms with Gasteiger partial charge in [0.1, 0.15) is 0 Å². The fourth-order valence-corrected chi connectivity index (χ4v) is 1.87. The predicted octanol–water partition coefficient (Wildman–Crippen LogP) is 3.09. The van der Waals surface area contributed by atoms with Gasteiger partial charge in [-0.1, -0.05) is 32.0 Å². The lowest BCUT2D eigenvalue weighted by Gasteiger charge is -2.14. The van der Waals surface area contributed by atoms with E-state index in [0.717, 1.165) is 13.1 Å². The summed E-state index contributed by atoms with van der Waals surface area (Å²) in [5, 5.41) is 3.40. The summed E-state index contributed by atoms with van der Waals surface area (Å²) in [6.45, 7) is 11.1. The molecule has 1 aromatic carbocycles. The van der Waals surface area contributed by atoms with Crippen LogP contribution in [-0.2, 0) is 6.42 Å². The highest BCUT2D eigenvalue weighted by Gasteiger charge is 2.06. The van der Waals surface area contributed by atoms with Gasteiger partial charge in [0.05, 0.1) is 0 Å². The van der Waals surface area contributed by atoms with Gasteiger partial charge in [-0.05, 0) is 56.0 Å². The van der Waals surface area contributed by atoms with E-state index in [1.807, 2.05) is 0 Å². The maximum absolute atomic E-state index is 3.40. The quantitative estimate of drug-likeness (QED) is 0.779. The van der Waals surface area contributed by atoms with Crippen LogP contribution in [0.25, 0.3) is 0 Å². The molecule has 0 aliphatic heterocycles. The van der Waals surface area contributed by atoms with E-state index in [1.165, 1.54) is 23.1 Å². The molecule has 0 saturated carbocycles. The molecule has 1 nitrogen and oxygen atoms in total. The molecule has 1 aromatic rings. The minimum atomic E-state index is 0.713. The summed E-state index contributed by atoms with van der Waals surface area (Å²) in [4.78, 5) is 0. The second-order valence-electron chi connectivity index (χ2n) is 4.48. The van der Waals surface area contributed by atoms with Gasteiger partial charge in [0, 0.05) is 0 Å². The van der Waals surface area contributed by atoms with Crippen LogP contribution in [0.15, 0.2) is 18.2 Å². The molecular weight excluding hydrogens is 182 g/mol. The van der Waals surface area contributed by atoms with E-state index in [4.69, 9.17) is 0 Å². The highest BCUT2D eigenvalue weighted by atomic mass is 14.8. The fraction of sp³-hybridized carbons (Fsp3) is 0.571. The lowest BCUT2D eigenvalue weighted by Crippen LogP contribution is -2.22. The van der Waals surface area contributed by atoms with Crippen LogP contribution in [0.3, 0.4) is 0 Å². The Labute approximate surface area is 93.9 Å². The van der Waals surface area contributed by atoms with E-state index in [-0.39, 0.29) is 0 Å². The van der Waals surface area contributed by atoms with Crippen LogP contribution < -0.4 is 5.32 Å². The third-order valence-electron chi connectivity index (χ3n) is 3.03. The molecule has 0 saturated heterocycles. The number of hydrogen-bond acceptors (Lipinski definition) is 1. The van der Waals surface area contributed by atoms with Crippen LogP contribution in [-0.4, -0.2) is 13.1 Å². The van der Waals surface area contributed by atoms with Gasteiger partial charge in [-0.2, -0.15) is 0 Å². The number of rotatable bonds is 5. The standard InChI is InChI=1S/C14H23N/c1-5-15-10-11(2)9-14-8-6-7-12(3)13(14)4/h6-8,11,15H,5,9-10H2,1-4H3. The van der Waals surface area contributed by atoms with E-state index in [2.05, 4.69) is 51.2 Å². The molecular formula is C14H23N. The Kier molecular flexibility index (Phi) is 4.83. The molecule has 0 aromatic heterocycles. The molecule has 0 aliphatic carbocycles. The van der Waals surface area contributed by atoms with Crippen LogP contribution >= 0.6 is 0 Å². The largest absolute Gasteiger partial charge is 0.317 e. The zero-order valence-corrected chi connectivity index (χ0v) is 10.4. The van der Waals surface area contributed by atoms with Crippen molar-refractivity contribution in [1.29, 1.82) is 0 Å². The average molecular weight is 205 g/mol. The summed E-state index contributed by atoms with van der Waals surface area (Å²) in [7, 11) is 0. The monoisotopic (exact) mass is 205 g/mol. The van der Waals surface area contributed by atoms with Crippen molar-refractivity contribution in [3.63, 3.8) is 0 Å². The summed E-state index contributed by atoms with van der Waals surface area (Å²) < 4.78 is 0. The molecule has 1 atom stereocenters. The molecule has 0 aliphatic rings. The molecule has 1 heteroatoms. The van der Waals surface area contributed by atoms with Crippen LogP contribution in [0.4, 0.5) is 0 Å². The summed E-state index contributed by atoms with van der Waals surface area (Å²) in [5.74, 6) is 0.713. The first kappa shape index (κ1) is 12.3. The second-order valence-corrected chi connectivity index (χ2v) is 4.48.